The van der Waals surface area contributed by atoms with Gasteiger partial charge in [-0.3, -0.25) is 9.38 Å². The number of thiazole rings is 1. The first-order valence-corrected chi connectivity index (χ1v) is 10.3. The zero-order chi connectivity index (χ0) is 23.0. The number of alkyl halides is 3. The summed E-state index contributed by atoms with van der Waals surface area (Å²) < 4.78 is 39.3. The Labute approximate surface area is 182 Å². The van der Waals surface area contributed by atoms with Crippen molar-refractivity contribution in [2.75, 3.05) is 6.54 Å². The van der Waals surface area contributed by atoms with Crippen LogP contribution < -0.4 is 5.32 Å². The highest BCUT2D eigenvalue weighted by molar-refractivity contribution is 7.15. The van der Waals surface area contributed by atoms with Gasteiger partial charge in [-0.25, -0.2) is 9.78 Å². The maximum Gasteiger partial charge on any atom is 0.490 e. The first-order valence-electron chi connectivity index (χ1n) is 9.41. The van der Waals surface area contributed by atoms with Crippen molar-refractivity contribution in [1.29, 1.82) is 0 Å². The molecule has 2 N–H and O–H groups in total. The van der Waals surface area contributed by atoms with Gasteiger partial charge in [-0.05, 0) is 37.9 Å². The molecule has 0 aromatic carbocycles. The molecule has 1 aliphatic heterocycles. The molecule has 9 nitrogen and oxygen atoms in total. The molecule has 4 aromatic rings. The summed E-state index contributed by atoms with van der Waals surface area (Å²) in [6.07, 6.45) is -0.224. The van der Waals surface area contributed by atoms with E-state index in [9.17, 15) is 13.2 Å². The first kappa shape index (κ1) is 21.9. The van der Waals surface area contributed by atoms with Gasteiger partial charge in [0.25, 0.3) is 5.89 Å². The van der Waals surface area contributed by atoms with E-state index in [0.717, 1.165) is 47.1 Å². The predicted molar refractivity (Wildman–Crippen MR) is 108 cm³/mol. The second-order valence-electron chi connectivity index (χ2n) is 6.98. The summed E-state index contributed by atoms with van der Waals surface area (Å²) in [4.78, 5) is 23.6. The maximum absolute atomic E-state index is 10.6. The normalized spacial score (nSPS) is 13.5. The highest BCUT2D eigenvalue weighted by Gasteiger charge is 2.38. The molecule has 0 bridgehead atoms. The molecule has 0 saturated carbocycles. The molecule has 13 heteroatoms. The molecule has 4 aromatic heterocycles. The lowest BCUT2D eigenvalue weighted by molar-refractivity contribution is -0.192. The number of carboxylic acids is 1. The number of fused-ring (bicyclic) bond motifs is 2. The Morgan fingerprint density at radius 1 is 1.28 bits per heavy atom. The number of halogens is 3. The average molecular weight is 466 g/mol. The van der Waals surface area contributed by atoms with Gasteiger partial charge in [0.1, 0.15) is 5.69 Å². The number of rotatable bonds is 2. The van der Waals surface area contributed by atoms with Gasteiger partial charge in [0.15, 0.2) is 4.96 Å². The topological polar surface area (TPSA) is 118 Å². The van der Waals surface area contributed by atoms with Crippen LogP contribution in [0.15, 0.2) is 22.3 Å². The number of carboxylic acid groups (broad SMARTS) is 1. The van der Waals surface area contributed by atoms with Crippen molar-refractivity contribution in [3.05, 3.63) is 40.3 Å². The van der Waals surface area contributed by atoms with Crippen LogP contribution in [-0.4, -0.2) is 48.3 Å². The lowest BCUT2D eigenvalue weighted by Crippen LogP contribution is -2.24. The molecule has 5 heterocycles. The van der Waals surface area contributed by atoms with E-state index >= 15 is 0 Å². The monoisotopic (exact) mass is 466 g/mol. The van der Waals surface area contributed by atoms with Gasteiger partial charge in [-0.1, -0.05) is 5.16 Å². The van der Waals surface area contributed by atoms with Crippen LogP contribution in [0.2, 0.25) is 0 Å². The zero-order valence-corrected chi connectivity index (χ0v) is 17.7. The lowest BCUT2D eigenvalue weighted by atomic mass is 9.95. The SMILES string of the molecule is Cc1ncc2c(c1-c1noc(-c3c(C)nc4sccn34)n1)CCNC2.O=C(O)C(F)(F)F. The van der Waals surface area contributed by atoms with Crippen LogP contribution in [0.5, 0.6) is 0 Å². The van der Waals surface area contributed by atoms with E-state index in [4.69, 9.17) is 14.4 Å². The van der Waals surface area contributed by atoms with Crippen LogP contribution >= 0.6 is 11.3 Å². The third-order valence-electron chi connectivity index (χ3n) is 4.86. The van der Waals surface area contributed by atoms with Crippen LogP contribution in [0.25, 0.3) is 27.9 Å². The summed E-state index contributed by atoms with van der Waals surface area (Å²) in [7, 11) is 0. The van der Waals surface area contributed by atoms with Gasteiger partial charge in [-0.2, -0.15) is 18.2 Å². The molecule has 0 radical (unpaired) electrons. The predicted octanol–water partition coefficient (Wildman–Crippen LogP) is 3.40. The largest absolute Gasteiger partial charge is 0.490 e. The molecule has 0 spiro atoms. The Kier molecular flexibility index (Phi) is 5.69. The molecule has 32 heavy (non-hydrogen) atoms. The van der Waals surface area contributed by atoms with Gasteiger partial charge in [0, 0.05) is 35.6 Å². The van der Waals surface area contributed by atoms with Gasteiger partial charge >= 0.3 is 12.1 Å². The summed E-state index contributed by atoms with van der Waals surface area (Å²) in [5.74, 6) is -1.67. The van der Waals surface area contributed by atoms with Crippen molar-refractivity contribution >= 4 is 22.3 Å². The fourth-order valence-corrected chi connectivity index (χ4v) is 4.20. The molecule has 0 unspecified atom stereocenters. The molecule has 5 rings (SSSR count). The van der Waals surface area contributed by atoms with E-state index in [0.29, 0.717) is 11.7 Å². The molecule has 0 fully saturated rings. The van der Waals surface area contributed by atoms with Crippen molar-refractivity contribution in [2.45, 2.75) is 33.0 Å². The molecule has 168 valence electrons. The number of aryl methyl sites for hydroxylation is 2. The van der Waals surface area contributed by atoms with E-state index in [-0.39, 0.29) is 0 Å². The highest BCUT2D eigenvalue weighted by atomic mass is 32.1. The van der Waals surface area contributed by atoms with Crippen LogP contribution in [0.4, 0.5) is 13.2 Å². The number of carbonyl (C=O) groups is 1. The standard InChI is InChI=1S/C17H16N6OS.C2HF3O2/c1-9-13(12-3-4-18-7-11(12)8-19-9)15-21-16(24-22-15)14-10(2)20-17-23(14)5-6-25-17;3-2(4,5)1(6)7/h5-6,8,18H,3-4,7H2,1-2H3;(H,6,7). The minimum atomic E-state index is -5.08. The maximum atomic E-state index is 10.6. The van der Waals surface area contributed by atoms with E-state index in [1.54, 1.807) is 11.3 Å². The number of nitrogens with zero attached hydrogens (tertiary/aromatic N) is 5. The second kappa shape index (κ2) is 8.31. The van der Waals surface area contributed by atoms with Crippen molar-refractivity contribution in [3.63, 3.8) is 0 Å². The summed E-state index contributed by atoms with van der Waals surface area (Å²) in [5.41, 5.74) is 6.14. The quantitative estimate of drug-likeness (QED) is 0.462. The van der Waals surface area contributed by atoms with Gasteiger partial charge in [0.2, 0.25) is 5.82 Å². The van der Waals surface area contributed by atoms with Gasteiger partial charge in [-0.15, -0.1) is 11.3 Å². The van der Waals surface area contributed by atoms with Crippen LogP contribution in [0, 0.1) is 13.8 Å². The Morgan fingerprint density at radius 2 is 2.03 bits per heavy atom. The number of pyridine rings is 1. The molecule has 0 saturated heterocycles. The Hall–Kier alpha value is -3.32. The van der Waals surface area contributed by atoms with Gasteiger partial charge in [0.05, 0.1) is 5.69 Å². The average Bonchev–Trinajstić information content (AvgIpc) is 3.44. The molecule has 0 atom stereocenters. The summed E-state index contributed by atoms with van der Waals surface area (Å²) >= 11 is 1.59. The fourth-order valence-electron chi connectivity index (χ4n) is 3.44. The Balaban J connectivity index is 0.000000307. The van der Waals surface area contributed by atoms with Crippen LogP contribution in [-0.2, 0) is 17.8 Å². The number of aliphatic carboxylic acids is 1. The van der Waals surface area contributed by atoms with Crippen molar-refractivity contribution in [1.82, 2.24) is 29.8 Å². The summed E-state index contributed by atoms with van der Waals surface area (Å²) in [6.45, 7) is 5.74. The molecule has 0 amide bonds. The summed E-state index contributed by atoms with van der Waals surface area (Å²) in [5, 5.41) is 16.8. The summed E-state index contributed by atoms with van der Waals surface area (Å²) in [6, 6.07) is 0. The van der Waals surface area contributed by atoms with Crippen molar-refractivity contribution in [2.24, 2.45) is 0 Å². The third-order valence-corrected chi connectivity index (χ3v) is 5.62. The smallest absolute Gasteiger partial charge is 0.475 e. The Morgan fingerprint density at radius 3 is 2.75 bits per heavy atom. The zero-order valence-electron chi connectivity index (χ0n) is 16.9. The van der Waals surface area contributed by atoms with Crippen molar-refractivity contribution < 1.29 is 27.6 Å². The van der Waals surface area contributed by atoms with Crippen molar-refractivity contribution in [3.8, 4) is 23.0 Å². The second-order valence-corrected chi connectivity index (χ2v) is 7.85. The van der Waals surface area contributed by atoms with Gasteiger partial charge < -0.3 is 14.9 Å². The van der Waals surface area contributed by atoms with E-state index in [1.807, 2.05) is 36.0 Å². The fraction of sp³-hybridized carbons (Fsp3) is 0.316. The van der Waals surface area contributed by atoms with Crippen LogP contribution in [0.1, 0.15) is 22.5 Å². The highest BCUT2D eigenvalue weighted by Crippen LogP contribution is 2.32. The third kappa shape index (κ3) is 4.08. The molecular formula is C19H17F3N6O3S. The molecule has 0 aliphatic carbocycles. The Bertz CT molecular complexity index is 1290. The molecule has 1 aliphatic rings. The number of imidazole rings is 1. The number of hydrogen-bond acceptors (Lipinski definition) is 8. The lowest BCUT2D eigenvalue weighted by Gasteiger charge is -2.19. The van der Waals surface area contributed by atoms with Crippen LogP contribution in [0.3, 0.4) is 0 Å². The molecular weight excluding hydrogens is 449 g/mol. The number of hydrogen-bond donors (Lipinski definition) is 2. The first-order chi connectivity index (χ1) is 15.2. The minimum absolute atomic E-state index is 0.490. The number of nitrogens with one attached hydrogen (secondary N) is 1. The van der Waals surface area contributed by atoms with E-state index in [2.05, 4.69) is 25.4 Å². The van der Waals surface area contributed by atoms with E-state index < -0.39 is 12.1 Å². The number of aromatic nitrogens is 5. The van der Waals surface area contributed by atoms with E-state index in [1.165, 1.54) is 11.1 Å². The minimum Gasteiger partial charge on any atom is -0.475 e.